The first-order chi connectivity index (χ1) is 9.24. The Balaban J connectivity index is 1.52. The molecular formula is C12H20N4O3. The summed E-state index contributed by atoms with van der Waals surface area (Å²) < 4.78 is 5.56. The minimum atomic E-state index is -0.0115. The van der Waals surface area contributed by atoms with Gasteiger partial charge in [0.05, 0.1) is 25.2 Å². The maximum absolute atomic E-state index is 12.2. The number of nitrogens with zero attached hydrogens (tertiary/aromatic N) is 2. The van der Waals surface area contributed by atoms with Crippen molar-refractivity contribution in [1.82, 2.24) is 20.4 Å². The van der Waals surface area contributed by atoms with Crippen LogP contribution in [0.1, 0.15) is 6.42 Å². The molecule has 2 atom stereocenters. The summed E-state index contributed by atoms with van der Waals surface area (Å²) >= 11 is 0. The minimum Gasteiger partial charge on any atom is -0.375 e. The lowest BCUT2D eigenvalue weighted by molar-refractivity contribution is -0.136. The van der Waals surface area contributed by atoms with E-state index in [0.717, 1.165) is 13.1 Å². The highest BCUT2D eigenvalue weighted by molar-refractivity contribution is 5.79. The highest BCUT2D eigenvalue weighted by Gasteiger charge is 2.37. The summed E-state index contributed by atoms with van der Waals surface area (Å²) in [5, 5.41) is 6.04. The van der Waals surface area contributed by atoms with E-state index in [1.807, 2.05) is 9.80 Å². The molecule has 0 aromatic heterocycles. The molecule has 7 heteroatoms. The summed E-state index contributed by atoms with van der Waals surface area (Å²) in [6, 6.07) is 0.132. The number of ether oxygens (including phenoxy) is 1. The van der Waals surface area contributed by atoms with Crippen LogP contribution in [0.2, 0.25) is 0 Å². The average Bonchev–Trinajstić information content (AvgIpc) is 2.81. The Morgan fingerprint density at radius 1 is 1.37 bits per heavy atom. The van der Waals surface area contributed by atoms with Crippen LogP contribution in [0.3, 0.4) is 0 Å². The second-order valence-corrected chi connectivity index (χ2v) is 5.27. The van der Waals surface area contributed by atoms with Gasteiger partial charge < -0.3 is 25.2 Å². The smallest absolute Gasteiger partial charge is 0.317 e. The molecule has 2 unspecified atom stereocenters. The molecule has 0 radical (unpaired) electrons. The minimum absolute atomic E-state index is 0.00286. The lowest BCUT2D eigenvalue weighted by Crippen LogP contribution is -2.54. The number of amides is 3. The summed E-state index contributed by atoms with van der Waals surface area (Å²) in [7, 11) is 0. The Morgan fingerprint density at radius 3 is 3.05 bits per heavy atom. The molecule has 3 saturated heterocycles. The van der Waals surface area contributed by atoms with Crippen molar-refractivity contribution in [3.63, 3.8) is 0 Å². The Kier molecular flexibility index (Phi) is 3.56. The molecule has 3 aliphatic rings. The van der Waals surface area contributed by atoms with Crippen molar-refractivity contribution in [2.45, 2.75) is 18.6 Å². The van der Waals surface area contributed by atoms with Crippen molar-refractivity contribution in [2.24, 2.45) is 0 Å². The van der Waals surface area contributed by atoms with Crippen LogP contribution in [0.15, 0.2) is 0 Å². The van der Waals surface area contributed by atoms with Crippen LogP contribution in [0.25, 0.3) is 0 Å². The van der Waals surface area contributed by atoms with Crippen LogP contribution in [-0.2, 0) is 9.53 Å². The van der Waals surface area contributed by atoms with E-state index < -0.39 is 0 Å². The molecule has 0 aliphatic carbocycles. The molecule has 0 aromatic carbocycles. The van der Waals surface area contributed by atoms with Crippen molar-refractivity contribution in [1.29, 1.82) is 0 Å². The van der Waals surface area contributed by atoms with E-state index >= 15 is 0 Å². The van der Waals surface area contributed by atoms with Gasteiger partial charge in [-0.1, -0.05) is 0 Å². The molecular weight excluding hydrogens is 248 g/mol. The van der Waals surface area contributed by atoms with Crippen molar-refractivity contribution < 1.29 is 14.3 Å². The van der Waals surface area contributed by atoms with Crippen LogP contribution in [-0.4, -0.2) is 79.8 Å². The summed E-state index contributed by atoms with van der Waals surface area (Å²) in [4.78, 5) is 27.4. The van der Waals surface area contributed by atoms with E-state index in [2.05, 4.69) is 10.6 Å². The second kappa shape index (κ2) is 5.34. The Labute approximate surface area is 112 Å². The molecule has 0 saturated carbocycles. The van der Waals surface area contributed by atoms with Crippen LogP contribution < -0.4 is 10.6 Å². The highest BCUT2D eigenvalue weighted by Crippen LogP contribution is 2.16. The van der Waals surface area contributed by atoms with Gasteiger partial charge in [0, 0.05) is 39.3 Å². The first-order valence-electron chi connectivity index (χ1n) is 6.88. The van der Waals surface area contributed by atoms with Crippen molar-refractivity contribution in [3.8, 4) is 0 Å². The number of carbonyl (C=O) groups excluding carboxylic acids is 2. The van der Waals surface area contributed by atoms with E-state index in [4.69, 9.17) is 4.74 Å². The maximum atomic E-state index is 12.2. The lowest BCUT2D eigenvalue weighted by atomic mass is 10.1. The van der Waals surface area contributed by atoms with Crippen molar-refractivity contribution in [3.05, 3.63) is 0 Å². The van der Waals surface area contributed by atoms with Gasteiger partial charge in [-0.05, 0) is 0 Å². The van der Waals surface area contributed by atoms with E-state index in [1.54, 1.807) is 0 Å². The fraction of sp³-hybridized carbons (Fsp3) is 0.833. The molecule has 0 spiro atoms. The number of hydrogen-bond donors (Lipinski definition) is 2. The molecule has 3 aliphatic heterocycles. The standard InChI is InChI=1S/C12H20N4O3/c17-11(5-10-7-13-1-4-19-10)15-2-3-16-9(8-15)6-14-12(16)18/h9-10,13H,1-8H2,(H,14,18). The first-order valence-corrected chi connectivity index (χ1v) is 6.88. The Hall–Kier alpha value is -1.34. The van der Waals surface area contributed by atoms with Gasteiger partial charge in [0.25, 0.3) is 0 Å². The summed E-state index contributed by atoms with van der Waals surface area (Å²) in [6.45, 7) is 4.82. The molecule has 3 rings (SSSR count). The summed E-state index contributed by atoms with van der Waals surface area (Å²) in [5.41, 5.74) is 0. The normalized spacial score (nSPS) is 31.1. The topological polar surface area (TPSA) is 73.9 Å². The lowest BCUT2D eigenvalue weighted by Gasteiger charge is -2.37. The van der Waals surface area contributed by atoms with Gasteiger partial charge in [0.15, 0.2) is 0 Å². The number of urea groups is 1. The second-order valence-electron chi connectivity index (χ2n) is 5.27. The third-order valence-electron chi connectivity index (χ3n) is 3.99. The predicted octanol–water partition coefficient (Wildman–Crippen LogP) is -1.40. The SMILES string of the molecule is O=C(CC1CNCCO1)N1CCN2C(=O)NCC2C1. The molecule has 3 fully saturated rings. The molecule has 0 aromatic rings. The number of rotatable bonds is 2. The van der Waals surface area contributed by atoms with Gasteiger partial charge in [0.1, 0.15) is 0 Å². The van der Waals surface area contributed by atoms with Gasteiger partial charge >= 0.3 is 6.03 Å². The Morgan fingerprint density at radius 2 is 2.26 bits per heavy atom. The fourth-order valence-electron chi connectivity index (χ4n) is 2.91. The number of hydrogen-bond acceptors (Lipinski definition) is 4. The number of morpholine rings is 1. The fourth-order valence-corrected chi connectivity index (χ4v) is 2.91. The Bertz CT molecular complexity index is 370. The average molecular weight is 268 g/mol. The highest BCUT2D eigenvalue weighted by atomic mass is 16.5. The molecule has 19 heavy (non-hydrogen) atoms. The van der Waals surface area contributed by atoms with Gasteiger partial charge in [-0.25, -0.2) is 4.79 Å². The van der Waals surface area contributed by atoms with E-state index in [9.17, 15) is 9.59 Å². The zero-order valence-electron chi connectivity index (χ0n) is 10.9. The molecule has 3 heterocycles. The summed E-state index contributed by atoms with van der Waals surface area (Å²) in [5.74, 6) is 0.132. The third kappa shape index (κ3) is 2.66. The van der Waals surface area contributed by atoms with Crippen LogP contribution in [0, 0.1) is 0 Å². The van der Waals surface area contributed by atoms with Gasteiger partial charge in [-0.3, -0.25) is 4.79 Å². The first kappa shape index (κ1) is 12.7. The molecule has 3 amide bonds. The molecule has 106 valence electrons. The quantitative estimate of drug-likeness (QED) is 0.646. The van der Waals surface area contributed by atoms with Gasteiger partial charge in [-0.2, -0.15) is 0 Å². The largest absolute Gasteiger partial charge is 0.375 e. The van der Waals surface area contributed by atoms with Crippen molar-refractivity contribution in [2.75, 3.05) is 45.9 Å². The third-order valence-corrected chi connectivity index (χ3v) is 3.99. The van der Waals surface area contributed by atoms with Gasteiger partial charge in [-0.15, -0.1) is 0 Å². The molecule has 0 bridgehead atoms. The number of nitrogens with one attached hydrogen (secondary N) is 2. The van der Waals surface area contributed by atoms with E-state index in [0.29, 0.717) is 39.2 Å². The zero-order valence-corrected chi connectivity index (χ0v) is 10.9. The van der Waals surface area contributed by atoms with E-state index in [1.165, 1.54) is 0 Å². The van der Waals surface area contributed by atoms with E-state index in [-0.39, 0.29) is 24.1 Å². The van der Waals surface area contributed by atoms with Crippen LogP contribution in [0.4, 0.5) is 4.79 Å². The van der Waals surface area contributed by atoms with Crippen molar-refractivity contribution >= 4 is 11.9 Å². The number of fused-ring (bicyclic) bond motifs is 1. The number of carbonyl (C=O) groups is 2. The predicted molar refractivity (Wildman–Crippen MR) is 67.7 cm³/mol. The number of piperazine rings is 1. The summed E-state index contributed by atoms with van der Waals surface area (Å²) in [6.07, 6.45) is 0.420. The van der Waals surface area contributed by atoms with Crippen LogP contribution >= 0.6 is 0 Å². The maximum Gasteiger partial charge on any atom is 0.317 e. The van der Waals surface area contributed by atoms with Gasteiger partial charge in [0.2, 0.25) is 5.91 Å². The van der Waals surface area contributed by atoms with Crippen LogP contribution in [0.5, 0.6) is 0 Å². The molecule has 7 nitrogen and oxygen atoms in total. The monoisotopic (exact) mass is 268 g/mol. The zero-order chi connectivity index (χ0) is 13.2. The molecule has 2 N–H and O–H groups in total.